The van der Waals surface area contributed by atoms with E-state index in [0.29, 0.717) is 6.04 Å². The van der Waals surface area contributed by atoms with Crippen molar-refractivity contribution in [1.82, 2.24) is 5.32 Å². The van der Waals surface area contributed by atoms with Crippen LogP contribution in [-0.4, -0.2) is 13.1 Å². The number of benzene rings is 3. The molecule has 2 heteroatoms. The minimum atomic E-state index is 0.0705. The fourth-order valence-corrected chi connectivity index (χ4v) is 3.62. The molecule has 2 nitrogen and oxygen atoms in total. The van der Waals surface area contributed by atoms with Crippen LogP contribution in [0.3, 0.4) is 0 Å². The molecule has 0 saturated heterocycles. The molecule has 0 spiro atoms. The van der Waals surface area contributed by atoms with Crippen molar-refractivity contribution in [3.63, 3.8) is 0 Å². The van der Waals surface area contributed by atoms with Crippen molar-refractivity contribution in [2.24, 2.45) is 0 Å². The van der Waals surface area contributed by atoms with Crippen LogP contribution in [0.1, 0.15) is 28.4 Å². The van der Waals surface area contributed by atoms with Gasteiger partial charge in [0.05, 0.1) is 6.04 Å². The van der Waals surface area contributed by atoms with Gasteiger partial charge in [-0.25, -0.2) is 0 Å². The topological polar surface area (TPSA) is 21.3 Å². The Labute approximate surface area is 149 Å². The summed E-state index contributed by atoms with van der Waals surface area (Å²) < 4.78 is 6.35. The van der Waals surface area contributed by atoms with Gasteiger partial charge in [0.1, 0.15) is 11.9 Å². The van der Waals surface area contributed by atoms with Crippen LogP contribution in [0.15, 0.2) is 78.9 Å². The van der Waals surface area contributed by atoms with Gasteiger partial charge in [0.2, 0.25) is 0 Å². The molecule has 1 aliphatic carbocycles. The van der Waals surface area contributed by atoms with Crippen LogP contribution in [0, 0.1) is 0 Å². The summed E-state index contributed by atoms with van der Waals surface area (Å²) in [6, 6.07) is 28.0. The van der Waals surface area contributed by atoms with E-state index in [1.165, 1.54) is 22.3 Å². The maximum absolute atomic E-state index is 6.35. The molecule has 0 fully saturated rings. The number of fused-ring (bicyclic) bond motifs is 1. The van der Waals surface area contributed by atoms with Crippen molar-refractivity contribution in [3.05, 3.63) is 101 Å². The van der Waals surface area contributed by atoms with Gasteiger partial charge in [0.25, 0.3) is 0 Å². The van der Waals surface area contributed by atoms with E-state index in [4.69, 9.17) is 4.74 Å². The van der Waals surface area contributed by atoms with Crippen molar-refractivity contribution in [2.45, 2.75) is 25.0 Å². The van der Waals surface area contributed by atoms with Crippen LogP contribution in [0.4, 0.5) is 0 Å². The van der Waals surface area contributed by atoms with Crippen molar-refractivity contribution < 1.29 is 4.74 Å². The molecule has 0 aromatic heterocycles. The molecule has 2 unspecified atom stereocenters. The number of rotatable bonds is 5. The molecule has 1 aliphatic rings. The van der Waals surface area contributed by atoms with E-state index >= 15 is 0 Å². The molecule has 0 saturated carbocycles. The molecule has 0 bridgehead atoms. The predicted molar refractivity (Wildman–Crippen MR) is 102 cm³/mol. The summed E-state index contributed by atoms with van der Waals surface area (Å²) in [5.74, 6) is 0.929. The minimum absolute atomic E-state index is 0.0705. The lowest BCUT2D eigenvalue weighted by atomic mass is 10.1. The Morgan fingerprint density at radius 1 is 0.840 bits per heavy atom. The minimum Gasteiger partial charge on any atom is -0.484 e. The second kappa shape index (κ2) is 7.12. The number of likely N-dealkylation sites (N-methyl/N-ethyl adjacent to an activating group) is 1. The molecule has 4 rings (SSSR count). The average molecular weight is 329 g/mol. The zero-order valence-electron chi connectivity index (χ0n) is 14.5. The van der Waals surface area contributed by atoms with Crippen molar-refractivity contribution >= 4 is 0 Å². The van der Waals surface area contributed by atoms with E-state index in [0.717, 1.165) is 18.6 Å². The molecule has 25 heavy (non-hydrogen) atoms. The van der Waals surface area contributed by atoms with E-state index in [1.807, 2.05) is 7.05 Å². The highest BCUT2D eigenvalue weighted by Gasteiger charge is 2.32. The predicted octanol–water partition coefficient (Wildman–Crippen LogP) is 4.54. The van der Waals surface area contributed by atoms with E-state index < -0.39 is 0 Å². The number of ether oxygens (including phenoxy) is 1. The van der Waals surface area contributed by atoms with Crippen LogP contribution in [-0.2, 0) is 12.8 Å². The monoisotopic (exact) mass is 329 g/mol. The Balaban J connectivity index is 1.49. The van der Waals surface area contributed by atoms with Gasteiger partial charge >= 0.3 is 0 Å². The molecular weight excluding hydrogens is 306 g/mol. The van der Waals surface area contributed by atoms with Gasteiger partial charge in [-0.2, -0.15) is 0 Å². The van der Waals surface area contributed by atoms with Crippen LogP contribution in [0.5, 0.6) is 5.75 Å². The summed E-state index contributed by atoms with van der Waals surface area (Å²) in [5.41, 5.74) is 5.31. The van der Waals surface area contributed by atoms with Gasteiger partial charge in [-0.3, -0.25) is 0 Å². The van der Waals surface area contributed by atoms with Gasteiger partial charge in [-0.15, -0.1) is 0 Å². The normalized spacial score (nSPS) is 18.8. The van der Waals surface area contributed by atoms with E-state index in [2.05, 4.69) is 84.2 Å². The molecule has 126 valence electrons. The average Bonchev–Trinajstić information content (AvgIpc) is 3.02. The summed E-state index contributed by atoms with van der Waals surface area (Å²) in [4.78, 5) is 0. The maximum atomic E-state index is 6.35. The second-order valence-electron chi connectivity index (χ2n) is 6.64. The first-order valence-electron chi connectivity index (χ1n) is 8.88. The van der Waals surface area contributed by atoms with Gasteiger partial charge in [0, 0.05) is 0 Å². The Morgan fingerprint density at radius 3 is 2.28 bits per heavy atom. The highest BCUT2D eigenvalue weighted by atomic mass is 16.5. The largest absolute Gasteiger partial charge is 0.484 e. The highest BCUT2D eigenvalue weighted by molar-refractivity contribution is 5.38. The molecule has 0 heterocycles. The van der Waals surface area contributed by atoms with E-state index in [-0.39, 0.29) is 6.10 Å². The number of nitrogens with one attached hydrogen (secondary N) is 1. The van der Waals surface area contributed by atoms with Crippen molar-refractivity contribution in [3.8, 4) is 5.75 Å². The molecule has 0 aliphatic heterocycles. The molecule has 0 amide bonds. The molecule has 3 aromatic carbocycles. The third kappa shape index (κ3) is 3.45. The third-order valence-electron chi connectivity index (χ3n) is 4.98. The Hall–Kier alpha value is -2.58. The SMILES string of the molecule is CNC1Cc2ccccc2C1Oc1ccc(Cc2ccccc2)cc1. The molecule has 0 radical (unpaired) electrons. The first kappa shape index (κ1) is 15.9. The van der Waals surface area contributed by atoms with Crippen LogP contribution in [0.25, 0.3) is 0 Å². The van der Waals surface area contributed by atoms with Crippen LogP contribution in [0.2, 0.25) is 0 Å². The molecule has 2 atom stereocenters. The molecule has 1 N–H and O–H groups in total. The lowest BCUT2D eigenvalue weighted by Gasteiger charge is -2.22. The summed E-state index contributed by atoms with van der Waals surface area (Å²) in [6.07, 6.45) is 2.04. The van der Waals surface area contributed by atoms with Gasteiger partial charge in [-0.05, 0) is 54.3 Å². The Bertz CT molecular complexity index is 826. The van der Waals surface area contributed by atoms with Crippen LogP contribution < -0.4 is 10.1 Å². The van der Waals surface area contributed by atoms with Gasteiger partial charge in [0.15, 0.2) is 0 Å². The first-order valence-corrected chi connectivity index (χ1v) is 8.88. The summed E-state index contributed by atoms with van der Waals surface area (Å²) >= 11 is 0. The zero-order valence-corrected chi connectivity index (χ0v) is 14.5. The standard InChI is InChI=1S/C23H23NO/c1-24-22-16-19-9-5-6-10-21(19)23(22)25-20-13-11-18(12-14-20)15-17-7-3-2-4-8-17/h2-14,22-24H,15-16H2,1H3. The zero-order chi connectivity index (χ0) is 17.1. The van der Waals surface area contributed by atoms with E-state index in [9.17, 15) is 0 Å². The second-order valence-corrected chi connectivity index (χ2v) is 6.64. The lowest BCUT2D eigenvalue weighted by molar-refractivity contribution is 0.172. The fourth-order valence-electron chi connectivity index (χ4n) is 3.62. The molecular formula is C23H23NO. The third-order valence-corrected chi connectivity index (χ3v) is 4.98. The lowest BCUT2D eigenvalue weighted by Crippen LogP contribution is -2.32. The van der Waals surface area contributed by atoms with Gasteiger partial charge in [-0.1, -0.05) is 66.7 Å². The maximum Gasteiger partial charge on any atom is 0.140 e. The quantitative estimate of drug-likeness (QED) is 0.742. The molecule has 3 aromatic rings. The Morgan fingerprint density at radius 2 is 1.52 bits per heavy atom. The smallest absolute Gasteiger partial charge is 0.140 e. The highest BCUT2D eigenvalue weighted by Crippen LogP contribution is 2.35. The van der Waals surface area contributed by atoms with Crippen molar-refractivity contribution in [1.29, 1.82) is 0 Å². The number of hydrogen-bond acceptors (Lipinski definition) is 2. The summed E-state index contributed by atoms with van der Waals surface area (Å²) in [6.45, 7) is 0. The summed E-state index contributed by atoms with van der Waals surface area (Å²) in [5, 5.41) is 3.40. The fraction of sp³-hybridized carbons (Fsp3) is 0.217. The van der Waals surface area contributed by atoms with Gasteiger partial charge < -0.3 is 10.1 Å². The number of hydrogen-bond donors (Lipinski definition) is 1. The summed E-state index contributed by atoms with van der Waals surface area (Å²) in [7, 11) is 2.01. The van der Waals surface area contributed by atoms with E-state index in [1.54, 1.807) is 0 Å². The first-order chi connectivity index (χ1) is 12.3. The van der Waals surface area contributed by atoms with Crippen LogP contribution >= 0.6 is 0 Å². The van der Waals surface area contributed by atoms with Crippen molar-refractivity contribution in [2.75, 3.05) is 7.05 Å². The Kier molecular flexibility index (Phi) is 4.53.